The Morgan fingerprint density at radius 1 is 1.32 bits per heavy atom. The van der Waals surface area contributed by atoms with E-state index in [0.29, 0.717) is 5.41 Å². The number of hydrogen-bond donors (Lipinski definition) is 2. The number of aliphatic imine (C=N–C) groups is 1. The molecular weight excluding hydrogens is 372 g/mol. The van der Waals surface area contributed by atoms with Crippen LogP contribution in [-0.2, 0) is 0 Å². The van der Waals surface area contributed by atoms with Crippen molar-refractivity contribution in [2.75, 3.05) is 45.2 Å². The van der Waals surface area contributed by atoms with Gasteiger partial charge in [-0.15, -0.1) is 10.2 Å². The number of methoxy groups -OCH3 is 1. The molecule has 2 aliphatic rings. The largest absolute Gasteiger partial charge is 0.496 e. The van der Waals surface area contributed by atoms with Crippen molar-refractivity contribution in [3.8, 4) is 16.3 Å². The summed E-state index contributed by atoms with van der Waals surface area (Å²) in [5.74, 6) is 0.752. The number of nitrogens with one attached hydrogen (secondary N) is 1. The molecule has 2 aliphatic heterocycles. The molecular formula is C20H26N6OS. The van der Waals surface area contributed by atoms with Crippen molar-refractivity contribution in [2.45, 2.75) is 12.8 Å². The summed E-state index contributed by atoms with van der Waals surface area (Å²) in [6, 6.07) is 5.98. The van der Waals surface area contributed by atoms with E-state index in [9.17, 15) is 0 Å². The average Bonchev–Trinajstić information content (AvgIpc) is 3.20. The standard InChI is InChI=1S/C20H26N6OS/c1-22-11-15(10-21)14-3-4-16(17(9-14)27-2)18-24-25-19(28-18)26-12-20(13-26)5-7-23-8-6-20/h3-4,9-11,23H,5-8,12-13,21H2,1-2H3. The van der Waals surface area contributed by atoms with Crippen molar-refractivity contribution >= 4 is 28.3 Å². The second kappa shape index (κ2) is 7.89. The molecule has 0 saturated carbocycles. The summed E-state index contributed by atoms with van der Waals surface area (Å²) in [4.78, 5) is 6.40. The first-order valence-corrected chi connectivity index (χ1v) is 10.3. The highest BCUT2D eigenvalue weighted by Gasteiger charge is 2.44. The van der Waals surface area contributed by atoms with Gasteiger partial charge in [0, 0.05) is 43.5 Å². The second-order valence-corrected chi connectivity index (χ2v) is 8.38. The van der Waals surface area contributed by atoms with Crippen LogP contribution >= 0.6 is 11.3 Å². The molecule has 0 amide bonds. The third-order valence-corrected chi connectivity index (χ3v) is 6.63. The maximum atomic E-state index is 5.73. The zero-order valence-corrected chi connectivity index (χ0v) is 17.1. The SMILES string of the molecule is CN=CC(=CN)c1ccc(-c2nnc(N3CC4(CCNCC4)C3)s2)c(OC)c1. The lowest BCUT2D eigenvalue weighted by Gasteiger charge is -2.52. The van der Waals surface area contributed by atoms with E-state index < -0.39 is 0 Å². The number of rotatable bonds is 5. The van der Waals surface area contributed by atoms with E-state index in [2.05, 4.69) is 25.4 Å². The Kier molecular flexibility index (Phi) is 5.32. The Bertz CT molecular complexity index is 892. The second-order valence-electron chi connectivity index (χ2n) is 7.42. The van der Waals surface area contributed by atoms with Crippen LogP contribution < -0.4 is 20.7 Å². The van der Waals surface area contributed by atoms with Gasteiger partial charge in [0.05, 0.1) is 12.7 Å². The highest BCUT2D eigenvalue weighted by Crippen LogP contribution is 2.43. The minimum absolute atomic E-state index is 0.474. The number of anilines is 1. The van der Waals surface area contributed by atoms with Gasteiger partial charge < -0.3 is 20.7 Å². The monoisotopic (exact) mass is 398 g/mol. The third-order valence-electron chi connectivity index (χ3n) is 5.61. The van der Waals surface area contributed by atoms with Crippen molar-refractivity contribution < 1.29 is 4.74 Å². The number of benzene rings is 1. The maximum absolute atomic E-state index is 5.73. The number of aromatic nitrogens is 2. The van der Waals surface area contributed by atoms with Gasteiger partial charge in [-0.2, -0.15) is 0 Å². The van der Waals surface area contributed by atoms with E-state index in [1.165, 1.54) is 12.8 Å². The summed E-state index contributed by atoms with van der Waals surface area (Å²) in [7, 11) is 3.39. The first-order valence-electron chi connectivity index (χ1n) is 9.50. The molecule has 8 heteroatoms. The van der Waals surface area contributed by atoms with Gasteiger partial charge in [-0.05, 0) is 43.6 Å². The Morgan fingerprint density at radius 2 is 2.11 bits per heavy atom. The fourth-order valence-electron chi connectivity index (χ4n) is 4.02. The first-order chi connectivity index (χ1) is 13.7. The average molecular weight is 399 g/mol. The molecule has 0 radical (unpaired) electrons. The fraction of sp³-hybridized carbons (Fsp3) is 0.450. The van der Waals surface area contributed by atoms with Crippen molar-refractivity contribution in [3.63, 3.8) is 0 Å². The minimum Gasteiger partial charge on any atom is -0.496 e. The number of piperidine rings is 1. The smallest absolute Gasteiger partial charge is 0.208 e. The molecule has 2 saturated heterocycles. The first kappa shape index (κ1) is 18.9. The summed E-state index contributed by atoms with van der Waals surface area (Å²) in [5.41, 5.74) is 8.94. The van der Waals surface area contributed by atoms with E-state index in [-0.39, 0.29) is 0 Å². The summed E-state index contributed by atoms with van der Waals surface area (Å²) in [6.07, 6.45) is 5.79. The lowest BCUT2D eigenvalue weighted by Crippen LogP contribution is -2.60. The molecule has 148 valence electrons. The zero-order valence-electron chi connectivity index (χ0n) is 16.3. The Labute approximate surface area is 169 Å². The minimum atomic E-state index is 0.474. The van der Waals surface area contributed by atoms with Crippen LogP contribution in [0.2, 0.25) is 0 Å². The number of allylic oxidation sites excluding steroid dienone is 1. The molecule has 2 aromatic rings. The number of nitrogens with zero attached hydrogens (tertiary/aromatic N) is 4. The van der Waals surface area contributed by atoms with E-state index >= 15 is 0 Å². The Balaban J connectivity index is 1.54. The van der Waals surface area contributed by atoms with E-state index in [4.69, 9.17) is 10.5 Å². The van der Waals surface area contributed by atoms with Crippen LogP contribution in [0.5, 0.6) is 5.75 Å². The van der Waals surface area contributed by atoms with Crippen LogP contribution in [0.1, 0.15) is 18.4 Å². The van der Waals surface area contributed by atoms with Crippen LogP contribution in [0, 0.1) is 5.41 Å². The highest BCUT2D eigenvalue weighted by molar-refractivity contribution is 7.18. The van der Waals surface area contributed by atoms with Gasteiger partial charge in [0.2, 0.25) is 5.13 Å². The fourth-order valence-corrected chi connectivity index (χ4v) is 4.90. The van der Waals surface area contributed by atoms with Crippen LogP contribution in [-0.4, -0.2) is 56.7 Å². The molecule has 0 atom stereocenters. The van der Waals surface area contributed by atoms with Crippen LogP contribution in [0.4, 0.5) is 5.13 Å². The van der Waals surface area contributed by atoms with Gasteiger partial charge in [0.1, 0.15) is 5.75 Å². The molecule has 28 heavy (non-hydrogen) atoms. The maximum Gasteiger partial charge on any atom is 0.208 e. The molecule has 3 N–H and O–H groups in total. The molecule has 1 aromatic carbocycles. The van der Waals surface area contributed by atoms with Gasteiger partial charge in [-0.25, -0.2) is 0 Å². The molecule has 2 fully saturated rings. The molecule has 0 unspecified atom stereocenters. The molecule has 0 bridgehead atoms. The van der Waals surface area contributed by atoms with Crippen molar-refractivity contribution in [1.82, 2.24) is 15.5 Å². The van der Waals surface area contributed by atoms with E-state index in [1.807, 2.05) is 18.2 Å². The summed E-state index contributed by atoms with van der Waals surface area (Å²) < 4.78 is 5.62. The van der Waals surface area contributed by atoms with Gasteiger partial charge in [0.15, 0.2) is 5.01 Å². The quantitative estimate of drug-likeness (QED) is 0.752. The van der Waals surface area contributed by atoms with Crippen LogP contribution in [0.3, 0.4) is 0 Å². The molecule has 0 aliphatic carbocycles. The predicted octanol–water partition coefficient (Wildman–Crippen LogP) is 2.40. The third kappa shape index (κ3) is 3.49. The van der Waals surface area contributed by atoms with Crippen LogP contribution in [0.15, 0.2) is 29.4 Å². The lowest BCUT2D eigenvalue weighted by atomic mass is 9.73. The predicted molar refractivity (Wildman–Crippen MR) is 115 cm³/mol. The Morgan fingerprint density at radius 3 is 2.79 bits per heavy atom. The number of nitrogens with two attached hydrogens (primary N) is 1. The van der Waals surface area contributed by atoms with Crippen LogP contribution in [0.25, 0.3) is 16.1 Å². The molecule has 4 rings (SSSR count). The van der Waals surface area contributed by atoms with Gasteiger partial charge in [0.25, 0.3) is 0 Å². The molecule has 3 heterocycles. The van der Waals surface area contributed by atoms with Gasteiger partial charge >= 0.3 is 0 Å². The summed E-state index contributed by atoms with van der Waals surface area (Å²) in [5, 5.41) is 14.2. The molecule has 7 nitrogen and oxygen atoms in total. The number of hydrogen-bond acceptors (Lipinski definition) is 8. The van der Waals surface area contributed by atoms with Crippen molar-refractivity contribution in [2.24, 2.45) is 16.1 Å². The van der Waals surface area contributed by atoms with E-state index in [1.54, 1.807) is 37.9 Å². The van der Waals surface area contributed by atoms with Crippen molar-refractivity contribution in [3.05, 3.63) is 30.0 Å². The van der Waals surface area contributed by atoms with Crippen molar-refractivity contribution in [1.29, 1.82) is 0 Å². The normalized spacial score (nSPS) is 19.2. The van der Waals surface area contributed by atoms with E-state index in [0.717, 1.165) is 58.8 Å². The Hall–Kier alpha value is -2.45. The van der Waals surface area contributed by atoms with Gasteiger partial charge in [-0.3, -0.25) is 4.99 Å². The molecule has 1 spiro atoms. The lowest BCUT2D eigenvalue weighted by molar-refractivity contribution is 0.149. The highest BCUT2D eigenvalue weighted by atomic mass is 32.1. The summed E-state index contributed by atoms with van der Waals surface area (Å²) in [6.45, 7) is 4.42. The topological polar surface area (TPSA) is 88.7 Å². The summed E-state index contributed by atoms with van der Waals surface area (Å²) >= 11 is 1.62. The molecule has 1 aromatic heterocycles. The zero-order chi connectivity index (χ0) is 19.6. The number of ether oxygens (including phenoxy) is 1. The van der Waals surface area contributed by atoms with Gasteiger partial charge in [-0.1, -0.05) is 17.4 Å².